The Bertz CT molecular complexity index is 753. The molecule has 0 saturated heterocycles. The van der Waals surface area contributed by atoms with Crippen molar-refractivity contribution in [1.29, 1.82) is 0 Å². The molecule has 1 fully saturated rings. The molecule has 128 valence electrons. The summed E-state index contributed by atoms with van der Waals surface area (Å²) in [5.74, 6) is -0.355. The van der Waals surface area contributed by atoms with Crippen LogP contribution in [0.2, 0.25) is 0 Å². The topological polar surface area (TPSA) is 72.7 Å². The lowest BCUT2D eigenvalue weighted by Gasteiger charge is -2.29. The van der Waals surface area contributed by atoms with E-state index in [4.69, 9.17) is 4.74 Å². The van der Waals surface area contributed by atoms with Crippen LogP contribution in [0.25, 0.3) is 5.65 Å². The van der Waals surface area contributed by atoms with Crippen LogP contribution in [0.5, 0.6) is 0 Å². The summed E-state index contributed by atoms with van der Waals surface area (Å²) < 4.78 is 6.93. The molecule has 2 heterocycles. The van der Waals surface area contributed by atoms with Crippen molar-refractivity contribution in [2.75, 3.05) is 6.61 Å². The summed E-state index contributed by atoms with van der Waals surface area (Å²) in [4.78, 5) is 28.3. The van der Waals surface area contributed by atoms with Crippen LogP contribution >= 0.6 is 0 Å². The number of ether oxygens (including phenoxy) is 1. The van der Waals surface area contributed by atoms with E-state index in [-0.39, 0.29) is 24.2 Å². The third-order valence-corrected chi connectivity index (χ3v) is 4.70. The van der Waals surface area contributed by atoms with Gasteiger partial charge in [0, 0.05) is 17.9 Å². The van der Waals surface area contributed by atoms with Gasteiger partial charge in [-0.3, -0.25) is 4.79 Å². The Morgan fingerprint density at radius 1 is 1.33 bits per heavy atom. The first-order valence-electron chi connectivity index (χ1n) is 8.46. The molecule has 24 heavy (non-hydrogen) atoms. The molecule has 1 N–H and O–H groups in total. The van der Waals surface area contributed by atoms with Gasteiger partial charge in [-0.2, -0.15) is 0 Å². The van der Waals surface area contributed by atoms with E-state index in [2.05, 4.69) is 17.2 Å². The second-order valence-electron chi connectivity index (χ2n) is 6.53. The summed E-state index contributed by atoms with van der Waals surface area (Å²) in [6, 6.07) is 5.82. The number of aryl methyl sites for hydroxylation is 1. The number of aromatic nitrogens is 2. The molecule has 0 aliphatic heterocycles. The van der Waals surface area contributed by atoms with Crippen molar-refractivity contribution in [1.82, 2.24) is 14.7 Å². The summed E-state index contributed by atoms with van der Waals surface area (Å²) in [5.41, 5.74) is 1.87. The van der Waals surface area contributed by atoms with Crippen molar-refractivity contribution in [3.63, 3.8) is 0 Å². The van der Waals surface area contributed by atoms with E-state index in [0.29, 0.717) is 11.6 Å². The zero-order chi connectivity index (χ0) is 17.1. The summed E-state index contributed by atoms with van der Waals surface area (Å²) in [6.07, 6.45) is 6.11. The Morgan fingerprint density at radius 3 is 2.88 bits per heavy atom. The quantitative estimate of drug-likeness (QED) is 0.875. The van der Waals surface area contributed by atoms with Crippen LogP contribution in [0, 0.1) is 12.8 Å². The van der Waals surface area contributed by atoms with Gasteiger partial charge in [-0.25, -0.2) is 9.78 Å². The van der Waals surface area contributed by atoms with Gasteiger partial charge in [0.15, 0.2) is 12.3 Å². The summed E-state index contributed by atoms with van der Waals surface area (Å²) in [7, 11) is 0. The molecular weight excluding hydrogens is 306 g/mol. The van der Waals surface area contributed by atoms with Crippen LogP contribution in [0.4, 0.5) is 0 Å². The molecule has 1 saturated carbocycles. The number of nitrogens with zero attached hydrogens (tertiary/aromatic N) is 2. The number of fused-ring (bicyclic) bond motifs is 1. The first kappa shape index (κ1) is 16.5. The van der Waals surface area contributed by atoms with Gasteiger partial charge in [0.1, 0.15) is 5.65 Å². The fourth-order valence-corrected chi connectivity index (χ4v) is 3.23. The second kappa shape index (κ2) is 7.03. The number of imidazole rings is 1. The first-order chi connectivity index (χ1) is 11.5. The Kier molecular flexibility index (Phi) is 4.83. The highest BCUT2D eigenvalue weighted by molar-refractivity contribution is 5.90. The second-order valence-corrected chi connectivity index (χ2v) is 6.53. The maximum Gasteiger partial charge on any atom is 0.359 e. The van der Waals surface area contributed by atoms with Gasteiger partial charge in [0.2, 0.25) is 0 Å². The maximum atomic E-state index is 12.1. The number of esters is 1. The van der Waals surface area contributed by atoms with E-state index < -0.39 is 5.97 Å². The van der Waals surface area contributed by atoms with E-state index in [1.165, 1.54) is 6.42 Å². The zero-order valence-electron chi connectivity index (χ0n) is 14.1. The Hall–Kier alpha value is -2.37. The van der Waals surface area contributed by atoms with Crippen molar-refractivity contribution in [2.45, 2.75) is 45.6 Å². The number of pyridine rings is 1. The van der Waals surface area contributed by atoms with Crippen LogP contribution in [-0.2, 0) is 9.53 Å². The third-order valence-electron chi connectivity index (χ3n) is 4.70. The maximum absolute atomic E-state index is 12.1. The van der Waals surface area contributed by atoms with E-state index in [1.807, 2.05) is 29.5 Å². The van der Waals surface area contributed by atoms with Crippen molar-refractivity contribution >= 4 is 17.5 Å². The predicted molar refractivity (Wildman–Crippen MR) is 89.8 cm³/mol. The standard InChI is InChI=1S/C18H23N3O3/c1-12-6-3-4-8-14(12)20-17(22)11-24-18(23)15-10-21-13(2)7-5-9-16(21)19-15/h5,7,9-10,12,14H,3-4,6,8,11H2,1-2H3,(H,20,22)/t12-,14-/m1/s1. The van der Waals surface area contributed by atoms with Crippen LogP contribution in [0.1, 0.15) is 48.8 Å². The van der Waals surface area contributed by atoms with Gasteiger partial charge in [0.25, 0.3) is 5.91 Å². The lowest BCUT2D eigenvalue weighted by molar-refractivity contribution is -0.125. The summed E-state index contributed by atoms with van der Waals surface area (Å²) in [6.45, 7) is 3.81. The lowest BCUT2D eigenvalue weighted by Crippen LogP contribution is -2.42. The molecule has 2 aromatic rings. The molecule has 6 nitrogen and oxygen atoms in total. The van der Waals surface area contributed by atoms with Crippen LogP contribution in [0.15, 0.2) is 24.4 Å². The predicted octanol–water partition coefficient (Wildman–Crippen LogP) is 2.49. The zero-order valence-corrected chi connectivity index (χ0v) is 14.1. The van der Waals surface area contributed by atoms with Gasteiger partial charge in [-0.15, -0.1) is 0 Å². The lowest BCUT2D eigenvalue weighted by atomic mass is 9.86. The molecule has 1 aliphatic rings. The molecule has 2 aromatic heterocycles. The van der Waals surface area contributed by atoms with E-state index in [0.717, 1.165) is 25.0 Å². The molecular formula is C18H23N3O3. The minimum absolute atomic E-state index is 0.183. The minimum Gasteiger partial charge on any atom is -0.451 e. The van der Waals surface area contributed by atoms with Crippen molar-refractivity contribution in [3.05, 3.63) is 35.8 Å². The van der Waals surface area contributed by atoms with Crippen LogP contribution < -0.4 is 5.32 Å². The van der Waals surface area contributed by atoms with Crippen LogP contribution in [-0.4, -0.2) is 33.9 Å². The van der Waals surface area contributed by atoms with Gasteiger partial charge < -0.3 is 14.5 Å². The van der Waals surface area contributed by atoms with Crippen molar-refractivity contribution in [2.24, 2.45) is 5.92 Å². The van der Waals surface area contributed by atoms with Crippen LogP contribution in [0.3, 0.4) is 0 Å². The largest absolute Gasteiger partial charge is 0.451 e. The number of nitrogens with one attached hydrogen (secondary N) is 1. The van der Waals surface area contributed by atoms with Crippen molar-refractivity contribution < 1.29 is 14.3 Å². The Morgan fingerprint density at radius 2 is 2.12 bits per heavy atom. The van der Waals surface area contributed by atoms with E-state index in [9.17, 15) is 9.59 Å². The smallest absolute Gasteiger partial charge is 0.359 e. The molecule has 0 bridgehead atoms. The molecule has 6 heteroatoms. The normalized spacial score (nSPS) is 20.8. The highest BCUT2D eigenvalue weighted by Crippen LogP contribution is 2.23. The summed E-state index contributed by atoms with van der Waals surface area (Å²) >= 11 is 0. The molecule has 0 unspecified atom stereocenters. The number of rotatable bonds is 4. The molecule has 3 rings (SSSR count). The number of carbonyl (C=O) groups excluding carboxylic acids is 2. The van der Waals surface area contributed by atoms with E-state index in [1.54, 1.807) is 6.20 Å². The molecule has 2 atom stereocenters. The number of hydrogen-bond donors (Lipinski definition) is 1. The number of carbonyl (C=O) groups is 2. The third kappa shape index (κ3) is 3.58. The fourth-order valence-electron chi connectivity index (χ4n) is 3.23. The van der Waals surface area contributed by atoms with E-state index >= 15 is 0 Å². The van der Waals surface area contributed by atoms with Gasteiger partial charge >= 0.3 is 5.97 Å². The van der Waals surface area contributed by atoms with Gasteiger partial charge in [-0.1, -0.05) is 25.8 Å². The molecule has 0 aromatic carbocycles. The summed E-state index contributed by atoms with van der Waals surface area (Å²) in [5, 5.41) is 2.97. The fraction of sp³-hybridized carbons (Fsp3) is 0.500. The average molecular weight is 329 g/mol. The Balaban J connectivity index is 1.56. The first-order valence-corrected chi connectivity index (χ1v) is 8.46. The highest BCUT2D eigenvalue weighted by Gasteiger charge is 2.23. The molecule has 0 radical (unpaired) electrons. The Labute approximate surface area is 141 Å². The highest BCUT2D eigenvalue weighted by atomic mass is 16.5. The minimum atomic E-state index is -0.579. The molecule has 0 spiro atoms. The monoisotopic (exact) mass is 329 g/mol. The van der Waals surface area contributed by atoms with Gasteiger partial charge in [-0.05, 0) is 37.8 Å². The molecule has 1 aliphatic carbocycles. The number of hydrogen-bond acceptors (Lipinski definition) is 4. The SMILES string of the molecule is Cc1cccc2nc(C(=O)OCC(=O)N[C@@H]3CCCC[C@H]3C)cn12. The van der Waals surface area contributed by atoms with Gasteiger partial charge in [0.05, 0.1) is 0 Å². The number of amides is 1. The average Bonchev–Trinajstić information content (AvgIpc) is 3.00. The molecule has 1 amide bonds. The van der Waals surface area contributed by atoms with Crippen molar-refractivity contribution in [3.8, 4) is 0 Å².